The molecule has 0 aliphatic rings. The standard InChI is InChI=1S/C10H18/c1-5-9-10(6-2,7-3)8-4/h5-6,9H,2,7-8H2,1,3-4H3. The molecule has 0 heteroatoms. The molecule has 0 aliphatic heterocycles. The predicted octanol–water partition coefficient (Wildman–Crippen LogP) is 3.55. The van der Waals surface area contributed by atoms with E-state index in [9.17, 15) is 0 Å². The lowest BCUT2D eigenvalue weighted by Gasteiger charge is -2.22. The van der Waals surface area contributed by atoms with Crippen LogP contribution in [0.25, 0.3) is 0 Å². The lowest BCUT2D eigenvalue weighted by atomic mass is 9.82. The highest BCUT2D eigenvalue weighted by Crippen LogP contribution is 2.28. The molecule has 0 unspecified atom stereocenters. The molecule has 10 heavy (non-hydrogen) atoms. The van der Waals surface area contributed by atoms with E-state index < -0.39 is 0 Å². The normalized spacial score (nSPS) is 12.3. The van der Waals surface area contributed by atoms with E-state index in [1.165, 1.54) is 0 Å². The third-order valence-electron chi connectivity index (χ3n) is 2.22. The Kier molecular flexibility index (Phi) is 4.10. The summed E-state index contributed by atoms with van der Waals surface area (Å²) in [4.78, 5) is 0. The molecule has 0 rings (SSSR count). The van der Waals surface area contributed by atoms with Gasteiger partial charge in [-0.1, -0.05) is 32.1 Å². The van der Waals surface area contributed by atoms with Gasteiger partial charge in [-0.25, -0.2) is 0 Å². The molecule has 0 amide bonds. The number of rotatable bonds is 4. The number of hydrogen-bond donors (Lipinski definition) is 0. The lowest BCUT2D eigenvalue weighted by Crippen LogP contribution is -2.10. The average molecular weight is 138 g/mol. The zero-order valence-electron chi connectivity index (χ0n) is 7.35. The van der Waals surface area contributed by atoms with Crippen molar-refractivity contribution < 1.29 is 0 Å². The van der Waals surface area contributed by atoms with E-state index in [1.54, 1.807) is 0 Å². The van der Waals surface area contributed by atoms with Crippen LogP contribution in [0.1, 0.15) is 33.6 Å². The number of allylic oxidation sites excluding steroid dienone is 3. The van der Waals surface area contributed by atoms with Crippen LogP contribution in [0.3, 0.4) is 0 Å². The highest BCUT2D eigenvalue weighted by molar-refractivity contribution is 5.07. The van der Waals surface area contributed by atoms with Crippen LogP contribution in [-0.2, 0) is 0 Å². The average Bonchev–Trinajstić information content (AvgIpc) is 2.01. The third kappa shape index (κ3) is 2.02. The summed E-state index contributed by atoms with van der Waals surface area (Å²) in [6.45, 7) is 10.3. The van der Waals surface area contributed by atoms with Gasteiger partial charge in [0.15, 0.2) is 0 Å². The zero-order valence-corrected chi connectivity index (χ0v) is 7.35. The second-order valence-electron chi connectivity index (χ2n) is 2.64. The first kappa shape index (κ1) is 9.48. The maximum absolute atomic E-state index is 3.84. The van der Waals surface area contributed by atoms with Crippen LogP contribution in [0.2, 0.25) is 0 Å². The van der Waals surface area contributed by atoms with E-state index in [1.807, 2.05) is 6.08 Å². The predicted molar refractivity (Wildman–Crippen MR) is 48.0 cm³/mol. The summed E-state index contributed by atoms with van der Waals surface area (Å²) < 4.78 is 0. The minimum Gasteiger partial charge on any atom is -0.102 e. The molecular formula is C10H18. The van der Waals surface area contributed by atoms with Gasteiger partial charge in [-0.15, -0.1) is 6.58 Å². The lowest BCUT2D eigenvalue weighted by molar-refractivity contribution is 0.457. The molecule has 0 radical (unpaired) electrons. The summed E-state index contributed by atoms with van der Waals surface area (Å²) in [6.07, 6.45) is 8.69. The van der Waals surface area contributed by atoms with Crippen molar-refractivity contribution in [1.82, 2.24) is 0 Å². The first-order chi connectivity index (χ1) is 4.74. The second-order valence-corrected chi connectivity index (χ2v) is 2.64. The van der Waals surface area contributed by atoms with Crippen molar-refractivity contribution in [2.24, 2.45) is 5.41 Å². The van der Waals surface area contributed by atoms with Gasteiger partial charge in [-0.2, -0.15) is 0 Å². The van der Waals surface area contributed by atoms with E-state index in [4.69, 9.17) is 0 Å². The first-order valence-corrected chi connectivity index (χ1v) is 4.02. The largest absolute Gasteiger partial charge is 0.102 e. The fourth-order valence-corrected chi connectivity index (χ4v) is 1.17. The van der Waals surface area contributed by atoms with Crippen LogP contribution in [0, 0.1) is 5.41 Å². The molecule has 0 N–H and O–H groups in total. The molecule has 0 saturated carbocycles. The third-order valence-corrected chi connectivity index (χ3v) is 2.22. The molecule has 0 aromatic rings. The van der Waals surface area contributed by atoms with Crippen molar-refractivity contribution in [2.75, 3.05) is 0 Å². The van der Waals surface area contributed by atoms with Gasteiger partial charge in [0.1, 0.15) is 0 Å². The van der Waals surface area contributed by atoms with Gasteiger partial charge < -0.3 is 0 Å². The van der Waals surface area contributed by atoms with Crippen LogP contribution in [-0.4, -0.2) is 0 Å². The highest BCUT2D eigenvalue weighted by atomic mass is 14.2. The quantitative estimate of drug-likeness (QED) is 0.521. The maximum Gasteiger partial charge on any atom is 0.00529 e. The van der Waals surface area contributed by atoms with Crippen LogP contribution in [0.4, 0.5) is 0 Å². The Hall–Kier alpha value is -0.520. The topological polar surface area (TPSA) is 0 Å². The minimum absolute atomic E-state index is 0.259. The molecule has 0 aliphatic carbocycles. The number of hydrogen-bond acceptors (Lipinski definition) is 0. The van der Waals surface area contributed by atoms with Gasteiger partial charge in [0, 0.05) is 5.41 Å². The van der Waals surface area contributed by atoms with Crippen LogP contribution in [0.5, 0.6) is 0 Å². The molecule has 0 heterocycles. The van der Waals surface area contributed by atoms with E-state index in [2.05, 4.69) is 39.5 Å². The Morgan fingerprint density at radius 2 is 1.80 bits per heavy atom. The second kappa shape index (κ2) is 4.32. The van der Waals surface area contributed by atoms with E-state index in [-0.39, 0.29) is 5.41 Å². The molecule has 0 bridgehead atoms. The van der Waals surface area contributed by atoms with Gasteiger partial charge in [-0.05, 0) is 19.8 Å². The summed E-state index contributed by atoms with van der Waals surface area (Å²) in [6, 6.07) is 0. The van der Waals surface area contributed by atoms with E-state index >= 15 is 0 Å². The Labute approximate surface area is 64.6 Å². The van der Waals surface area contributed by atoms with Gasteiger partial charge >= 0.3 is 0 Å². The van der Waals surface area contributed by atoms with Crippen molar-refractivity contribution in [3.8, 4) is 0 Å². The van der Waals surface area contributed by atoms with Crippen LogP contribution >= 0.6 is 0 Å². The summed E-state index contributed by atoms with van der Waals surface area (Å²) >= 11 is 0. The molecule has 0 fully saturated rings. The molecule has 0 spiro atoms. The smallest absolute Gasteiger partial charge is 0.00529 e. The van der Waals surface area contributed by atoms with Gasteiger partial charge in [-0.3, -0.25) is 0 Å². The van der Waals surface area contributed by atoms with Crippen molar-refractivity contribution in [1.29, 1.82) is 0 Å². The fraction of sp³-hybridized carbons (Fsp3) is 0.600. The van der Waals surface area contributed by atoms with Gasteiger partial charge in [0.05, 0.1) is 0 Å². The van der Waals surface area contributed by atoms with Crippen molar-refractivity contribution >= 4 is 0 Å². The van der Waals surface area contributed by atoms with Crippen molar-refractivity contribution in [3.05, 3.63) is 24.8 Å². The molecule has 0 aromatic carbocycles. The molecule has 0 saturated heterocycles. The van der Waals surface area contributed by atoms with Gasteiger partial charge in [0.25, 0.3) is 0 Å². The zero-order chi connectivity index (χ0) is 8.04. The molecule has 0 nitrogen and oxygen atoms in total. The maximum atomic E-state index is 3.84. The molecule has 0 atom stereocenters. The SMILES string of the molecule is C=CC(C=CC)(CC)CC. The Morgan fingerprint density at radius 3 is 1.90 bits per heavy atom. The molecule has 0 aromatic heterocycles. The van der Waals surface area contributed by atoms with E-state index in [0.29, 0.717) is 0 Å². The van der Waals surface area contributed by atoms with Crippen molar-refractivity contribution in [3.63, 3.8) is 0 Å². The van der Waals surface area contributed by atoms with Crippen molar-refractivity contribution in [2.45, 2.75) is 33.6 Å². The Bertz CT molecular complexity index is 116. The highest BCUT2D eigenvalue weighted by Gasteiger charge is 2.16. The first-order valence-electron chi connectivity index (χ1n) is 4.02. The summed E-state index contributed by atoms with van der Waals surface area (Å²) in [5, 5.41) is 0. The summed E-state index contributed by atoms with van der Waals surface area (Å²) in [5.41, 5.74) is 0.259. The molecule has 58 valence electrons. The Balaban J connectivity index is 4.29. The summed E-state index contributed by atoms with van der Waals surface area (Å²) in [5.74, 6) is 0. The minimum atomic E-state index is 0.259. The fourth-order valence-electron chi connectivity index (χ4n) is 1.17. The monoisotopic (exact) mass is 138 g/mol. The molecular weight excluding hydrogens is 120 g/mol. The van der Waals surface area contributed by atoms with Crippen LogP contribution in [0.15, 0.2) is 24.8 Å². The summed E-state index contributed by atoms with van der Waals surface area (Å²) in [7, 11) is 0. The van der Waals surface area contributed by atoms with Crippen LogP contribution < -0.4 is 0 Å². The van der Waals surface area contributed by atoms with Gasteiger partial charge in [0.2, 0.25) is 0 Å². The van der Waals surface area contributed by atoms with E-state index in [0.717, 1.165) is 12.8 Å². The Morgan fingerprint density at radius 1 is 1.30 bits per heavy atom.